The lowest BCUT2D eigenvalue weighted by Gasteiger charge is -2.28. The summed E-state index contributed by atoms with van der Waals surface area (Å²) in [4.78, 5) is 17.2. The van der Waals surface area contributed by atoms with Crippen LogP contribution < -0.4 is 5.32 Å². The summed E-state index contributed by atoms with van der Waals surface area (Å²) in [6, 6.07) is 7.61. The zero-order valence-electron chi connectivity index (χ0n) is 15.9. The Balaban J connectivity index is 1.51. The first-order valence-electron chi connectivity index (χ1n) is 9.71. The van der Waals surface area contributed by atoms with E-state index in [0.717, 1.165) is 17.4 Å². The molecule has 0 saturated heterocycles. The number of hydrogen-bond donors (Lipinski definition) is 1. The third kappa shape index (κ3) is 3.88. The van der Waals surface area contributed by atoms with Gasteiger partial charge in [-0.1, -0.05) is 18.6 Å². The summed E-state index contributed by atoms with van der Waals surface area (Å²) in [5.41, 5.74) is 1.50. The van der Waals surface area contributed by atoms with Crippen LogP contribution in [0.5, 0.6) is 0 Å². The van der Waals surface area contributed by atoms with Gasteiger partial charge in [0.15, 0.2) is 9.84 Å². The van der Waals surface area contributed by atoms with E-state index in [1.54, 1.807) is 4.57 Å². The summed E-state index contributed by atoms with van der Waals surface area (Å²) in [6.45, 7) is 2.20. The van der Waals surface area contributed by atoms with Crippen LogP contribution in [0.2, 0.25) is 0 Å². The van der Waals surface area contributed by atoms with Crippen molar-refractivity contribution in [3.63, 3.8) is 0 Å². The second kappa shape index (κ2) is 6.93. The lowest BCUT2D eigenvalue weighted by molar-refractivity contribution is -0.122. The number of aromatic nitrogens is 2. The van der Waals surface area contributed by atoms with E-state index in [-0.39, 0.29) is 24.2 Å². The highest BCUT2D eigenvalue weighted by atomic mass is 32.2. The van der Waals surface area contributed by atoms with Gasteiger partial charge in [0, 0.05) is 12.3 Å². The Kier molecular flexibility index (Phi) is 4.74. The van der Waals surface area contributed by atoms with Crippen molar-refractivity contribution < 1.29 is 13.2 Å². The first-order chi connectivity index (χ1) is 12.8. The van der Waals surface area contributed by atoms with Gasteiger partial charge in [-0.15, -0.1) is 0 Å². The Morgan fingerprint density at radius 1 is 1.30 bits per heavy atom. The molecular weight excluding hydrogens is 362 g/mol. The Labute approximate surface area is 160 Å². The largest absolute Gasteiger partial charge is 0.352 e. The van der Waals surface area contributed by atoms with E-state index in [4.69, 9.17) is 0 Å². The lowest BCUT2D eigenvalue weighted by atomic mass is 9.84. The second-order valence-corrected chi connectivity index (χ2v) is 10.5. The van der Waals surface area contributed by atoms with Crippen LogP contribution in [-0.2, 0) is 26.9 Å². The van der Waals surface area contributed by atoms with Gasteiger partial charge < -0.3 is 9.88 Å². The normalized spacial score (nSPS) is 25.8. The van der Waals surface area contributed by atoms with E-state index in [1.807, 2.05) is 24.3 Å². The Hall–Kier alpha value is -1.89. The van der Waals surface area contributed by atoms with Gasteiger partial charge in [-0.05, 0) is 56.1 Å². The molecule has 4 unspecified atom stereocenters. The number of rotatable bonds is 6. The fraction of sp³-hybridized carbons (Fsp3) is 0.600. The molecule has 1 aromatic carbocycles. The molecule has 146 valence electrons. The van der Waals surface area contributed by atoms with Crippen LogP contribution >= 0.6 is 0 Å². The minimum Gasteiger partial charge on any atom is -0.352 e. The number of nitrogens with zero attached hydrogens (tertiary/aromatic N) is 2. The molecule has 1 N–H and O–H groups in total. The maximum Gasteiger partial charge on any atom is 0.240 e. The van der Waals surface area contributed by atoms with Crippen LogP contribution in [0.15, 0.2) is 24.3 Å². The molecule has 27 heavy (non-hydrogen) atoms. The zero-order valence-corrected chi connectivity index (χ0v) is 16.7. The van der Waals surface area contributed by atoms with Crippen LogP contribution in [0, 0.1) is 17.8 Å². The van der Waals surface area contributed by atoms with Crippen molar-refractivity contribution in [2.24, 2.45) is 17.8 Å². The van der Waals surface area contributed by atoms with E-state index in [0.29, 0.717) is 17.3 Å². The number of amides is 1. The molecule has 0 spiro atoms. The Bertz CT molecular complexity index is 966. The third-order valence-electron chi connectivity index (χ3n) is 6.25. The summed E-state index contributed by atoms with van der Waals surface area (Å²) >= 11 is 0. The second-order valence-electron chi connectivity index (χ2n) is 8.37. The molecule has 2 saturated carbocycles. The average Bonchev–Trinajstić information content (AvgIpc) is 3.29. The molecule has 4 atom stereocenters. The Morgan fingerprint density at radius 2 is 2.07 bits per heavy atom. The highest BCUT2D eigenvalue weighted by Crippen LogP contribution is 2.49. The standard InChI is InChI=1S/C20H27N3O3S/c1-13(16-10-14-7-8-15(16)9-14)21-20(24)11-23-18-6-4-3-5-17(18)22-19(23)12-27(2,25)26/h3-6,13-16H,7-12H2,1-2H3,(H,21,24). The van der Waals surface area contributed by atoms with Gasteiger partial charge in [0.05, 0.1) is 11.0 Å². The highest BCUT2D eigenvalue weighted by Gasteiger charge is 2.42. The number of sulfone groups is 1. The van der Waals surface area contributed by atoms with E-state index >= 15 is 0 Å². The number of hydrogen-bond acceptors (Lipinski definition) is 4. The number of imidazole rings is 1. The van der Waals surface area contributed by atoms with Crippen LogP contribution in [0.4, 0.5) is 0 Å². The summed E-state index contributed by atoms with van der Waals surface area (Å²) < 4.78 is 25.3. The van der Waals surface area contributed by atoms with E-state index in [9.17, 15) is 13.2 Å². The minimum absolute atomic E-state index is 0.0804. The van der Waals surface area contributed by atoms with E-state index in [1.165, 1.54) is 31.9 Å². The van der Waals surface area contributed by atoms with Crippen LogP contribution in [0.1, 0.15) is 38.4 Å². The predicted molar refractivity (Wildman–Crippen MR) is 105 cm³/mol. The molecule has 1 amide bonds. The zero-order chi connectivity index (χ0) is 19.2. The molecule has 7 heteroatoms. The van der Waals surface area contributed by atoms with Crippen molar-refractivity contribution >= 4 is 26.8 Å². The predicted octanol–water partition coefficient (Wildman–Crippen LogP) is 2.52. The molecule has 1 aromatic heterocycles. The fourth-order valence-electron chi connectivity index (χ4n) is 5.10. The van der Waals surface area contributed by atoms with Crippen molar-refractivity contribution in [1.29, 1.82) is 0 Å². The SMILES string of the molecule is CC(NC(=O)Cn1c(CS(C)(=O)=O)nc2ccccc21)C1CC2CCC1C2. The number of carbonyl (C=O) groups excluding carboxylic acids is 1. The molecule has 2 aromatic rings. The van der Waals surface area contributed by atoms with Gasteiger partial charge in [-0.25, -0.2) is 13.4 Å². The molecule has 6 nitrogen and oxygen atoms in total. The minimum atomic E-state index is -3.24. The number of carbonyl (C=O) groups is 1. The first-order valence-corrected chi connectivity index (χ1v) is 11.8. The Morgan fingerprint density at radius 3 is 2.74 bits per heavy atom. The van der Waals surface area contributed by atoms with E-state index < -0.39 is 9.84 Å². The molecule has 2 bridgehead atoms. The van der Waals surface area contributed by atoms with Gasteiger partial charge in [-0.3, -0.25) is 4.79 Å². The molecule has 1 heterocycles. The summed E-state index contributed by atoms with van der Waals surface area (Å²) in [6.07, 6.45) is 6.36. The molecule has 4 rings (SSSR count). The van der Waals surface area contributed by atoms with Crippen LogP contribution in [0.25, 0.3) is 11.0 Å². The van der Waals surface area contributed by atoms with Crippen LogP contribution in [0.3, 0.4) is 0 Å². The molecule has 2 aliphatic carbocycles. The highest BCUT2D eigenvalue weighted by molar-refractivity contribution is 7.89. The number of benzene rings is 1. The molecular formula is C20H27N3O3S. The monoisotopic (exact) mass is 389 g/mol. The maximum atomic E-state index is 12.7. The fourth-order valence-corrected chi connectivity index (χ4v) is 5.79. The third-order valence-corrected chi connectivity index (χ3v) is 7.03. The molecule has 2 fully saturated rings. The van der Waals surface area contributed by atoms with Gasteiger partial charge >= 0.3 is 0 Å². The van der Waals surface area contributed by atoms with Gasteiger partial charge in [0.1, 0.15) is 18.1 Å². The van der Waals surface area contributed by atoms with Crippen LogP contribution in [-0.4, -0.2) is 36.2 Å². The average molecular weight is 390 g/mol. The summed E-state index contributed by atoms with van der Waals surface area (Å²) in [7, 11) is -3.24. The van der Waals surface area contributed by atoms with Crippen molar-refractivity contribution in [3.8, 4) is 0 Å². The van der Waals surface area contributed by atoms with Crippen molar-refractivity contribution in [2.75, 3.05) is 6.26 Å². The summed E-state index contributed by atoms with van der Waals surface area (Å²) in [5, 5.41) is 3.16. The van der Waals surface area contributed by atoms with Crippen molar-refractivity contribution in [2.45, 2.75) is 50.9 Å². The summed E-state index contributed by atoms with van der Waals surface area (Å²) in [5.74, 6) is 2.34. The van der Waals surface area contributed by atoms with Gasteiger partial charge in [0.2, 0.25) is 5.91 Å². The smallest absolute Gasteiger partial charge is 0.240 e. The first kappa shape index (κ1) is 18.5. The van der Waals surface area contributed by atoms with Crippen molar-refractivity contribution in [1.82, 2.24) is 14.9 Å². The quantitative estimate of drug-likeness (QED) is 0.823. The number of fused-ring (bicyclic) bond motifs is 3. The van der Waals surface area contributed by atoms with Gasteiger partial charge in [-0.2, -0.15) is 0 Å². The molecule has 0 aliphatic heterocycles. The van der Waals surface area contributed by atoms with E-state index in [2.05, 4.69) is 17.2 Å². The van der Waals surface area contributed by atoms with Crippen molar-refractivity contribution in [3.05, 3.63) is 30.1 Å². The van der Waals surface area contributed by atoms with Gasteiger partial charge in [0.25, 0.3) is 0 Å². The molecule has 2 aliphatic rings. The topological polar surface area (TPSA) is 81.1 Å². The number of nitrogens with one attached hydrogen (secondary N) is 1. The lowest BCUT2D eigenvalue weighted by Crippen LogP contribution is -2.41. The molecule has 0 radical (unpaired) electrons. The number of para-hydroxylation sites is 2. The maximum absolute atomic E-state index is 12.7.